The number of fused-ring (bicyclic) bond motifs is 1. The molecule has 2 fully saturated rings. The second kappa shape index (κ2) is 6.84. The fraction of sp³-hybridized carbons (Fsp3) is 0.524. The van der Waals surface area contributed by atoms with Crippen molar-refractivity contribution < 1.29 is 18.9 Å². The van der Waals surface area contributed by atoms with E-state index >= 15 is 0 Å². The smallest absolute Gasteiger partial charge is 0.200 e. The molecule has 1 saturated heterocycles. The molecule has 132 valence electrons. The maximum absolute atomic E-state index is 6.31. The van der Waals surface area contributed by atoms with Crippen molar-refractivity contribution in [3.05, 3.63) is 48.2 Å². The lowest BCUT2D eigenvalue weighted by Gasteiger charge is -2.48. The third kappa shape index (κ3) is 2.87. The van der Waals surface area contributed by atoms with Crippen LogP contribution in [0.4, 0.5) is 0 Å². The Morgan fingerprint density at radius 2 is 2.08 bits per heavy atom. The third-order valence-electron chi connectivity index (χ3n) is 5.68. The molecule has 0 aromatic heterocycles. The topological polar surface area (TPSA) is 36.9 Å². The summed E-state index contributed by atoms with van der Waals surface area (Å²) in [7, 11) is 1.64. The lowest BCUT2D eigenvalue weighted by atomic mass is 9.60. The number of methoxy groups -OCH3 is 1. The van der Waals surface area contributed by atoms with Crippen molar-refractivity contribution in [2.24, 2.45) is 5.41 Å². The summed E-state index contributed by atoms with van der Waals surface area (Å²) in [5, 5.41) is 0. The zero-order chi connectivity index (χ0) is 17.2. The highest BCUT2D eigenvalue weighted by Crippen LogP contribution is 2.60. The van der Waals surface area contributed by atoms with Crippen LogP contribution in [0.25, 0.3) is 0 Å². The standard InChI is InChI=1S/C21H24O4/c1-22-16-24-18(10-9-17-7-3-2-4-8-17)20-11-5-6-12-21(20)13-14-23-19(15-20)25-21/h2-4,7-8,13-14,18-19H,5-6,11-12,15-16H2,1H3/t18?,19-,20+,21-/m1/s1. The molecule has 0 radical (unpaired) electrons. The molecule has 4 heteroatoms. The van der Waals surface area contributed by atoms with Gasteiger partial charge >= 0.3 is 0 Å². The fourth-order valence-electron chi connectivity index (χ4n) is 4.52. The normalized spacial score (nSPS) is 33.7. The molecule has 1 saturated carbocycles. The quantitative estimate of drug-likeness (QED) is 0.620. The Morgan fingerprint density at radius 3 is 2.92 bits per heavy atom. The second-order valence-electron chi connectivity index (χ2n) is 7.03. The molecular weight excluding hydrogens is 316 g/mol. The zero-order valence-electron chi connectivity index (χ0n) is 14.6. The number of hydrogen-bond acceptors (Lipinski definition) is 4. The Balaban J connectivity index is 1.70. The summed E-state index contributed by atoms with van der Waals surface area (Å²) in [4.78, 5) is 0. The van der Waals surface area contributed by atoms with Crippen LogP contribution in [-0.2, 0) is 18.9 Å². The SMILES string of the molecule is COCOC(C#Cc1ccccc1)[C@@]12CCCC[C@@]13C=CO[C@@H](C2)O3. The Hall–Kier alpha value is -1.80. The molecule has 3 aliphatic rings. The van der Waals surface area contributed by atoms with Crippen LogP contribution >= 0.6 is 0 Å². The molecule has 1 aromatic carbocycles. The Morgan fingerprint density at radius 1 is 1.24 bits per heavy atom. The molecule has 4 atom stereocenters. The van der Waals surface area contributed by atoms with Gasteiger partial charge in [-0.05, 0) is 31.1 Å². The van der Waals surface area contributed by atoms with E-state index in [2.05, 4.69) is 17.9 Å². The van der Waals surface area contributed by atoms with Gasteiger partial charge in [0.05, 0.1) is 6.26 Å². The van der Waals surface area contributed by atoms with Crippen LogP contribution in [0.15, 0.2) is 42.7 Å². The monoisotopic (exact) mass is 340 g/mol. The summed E-state index contributed by atoms with van der Waals surface area (Å²) in [6.45, 7) is 0.223. The number of rotatable bonds is 4. The van der Waals surface area contributed by atoms with E-state index in [0.29, 0.717) is 0 Å². The molecule has 1 aliphatic carbocycles. The second-order valence-corrected chi connectivity index (χ2v) is 7.03. The van der Waals surface area contributed by atoms with Crippen molar-refractivity contribution in [2.75, 3.05) is 13.9 Å². The van der Waals surface area contributed by atoms with Crippen LogP contribution in [-0.4, -0.2) is 31.9 Å². The Bertz CT molecular complexity index is 689. The fourth-order valence-corrected chi connectivity index (χ4v) is 4.52. The van der Waals surface area contributed by atoms with Crippen molar-refractivity contribution in [1.29, 1.82) is 0 Å². The van der Waals surface area contributed by atoms with Crippen LogP contribution < -0.4 is 0 Å². The first-order valence-corrected chi connectivity index (χ1v) is 8.96. The summed E-state index contributed by atoms with van der Waals surface area (Å²) in [5.74, 6) is 6.67. The maximum Gasteiger partial charge on any atom is 0.200 e. The van der Waals surface area contributed by atoms with E-state index in [1.807, 2.05) is 30.3 Å². The average Bonchev–Trinajstić information content (AvgIpc) is 2.89. The molecule has 2 aliphatic heterocycles. The van der Waals surface area contributed by atoms with Gasteiger partial charge in [-0.2, -0.15) is 0 Å². The van der Waals surface area contributed by atoms with Gasteiger partial charge in [0.1, 0.15) is 18.5 Å². The average molecular weight is 340 g/mol. The molecular formula is C21H24O4. The predicted octanol–water partition coefficient (Wildman–Crippen LogP) is 3.62. The summed E-state index contributed by atoms with van der Waals surface area (Å²) < 4.78 is 23.3. The van der Waals surface area contributed by atoms with Crippen molar-refractivity contribution in [2.45, 2.75) is 50.1 Å². The number of benzene rings is 1. The van der Waals surface area contributed by atoms with Crippen molar-refractivity contribution in [3.63, 3.8) is 0 Å². The lowest BCUT2D eigenvalue weighted by Crippen LogP contribution is -2.53. The van der Waals surface area contributed by atoms with E-state index in [-0.39, 0.29) is 30.2 Å². The van der Waals surface area contributed by atoms with Gasteiger partial charge in [-0.1, -0.05) is 42.9 Å². The van der Waals surface area contributed by atoms with E-state index in [4.69, 9.17) is 18.9 Å². The van der Waals surface area contributed by atoms with Crippen LogP contribution in [0.2, 0.25) is 0 Å². The molecule has 0 N–H and O–H groups in total. The highest BCUT2D eigenvalue weighted by molar-refractivity contribution is 5.36. The minimum Gasteiger partial charge on any atom is -0.473 e. The summed E-state index contributed by atoms with van der Waals surface area (Å²) >= 11 is 0. The highest BCUT2D eigenvalue weighted by atomic mass is 16.7. The van der Waals surface area contributed by atoms with Crippen LogP contribution in [0, 0.1) is 17.3 Å². The van der Waals surface area contributed by atoms with E-state index in [0.717, 1.165) is 37.7 Å². The van der Waals surface area contributed by atoms with Crippen molar-refractivity contribution in [1.82, 2.24) is 0 Å². The summed E-state index contributed by atoms with van der Waals surface area (Å²) in [6.07, 6.45) is 8.56. The molecule has 4 rings (SSSR count). The van der Waals surface area contributed by atoms with Crippen LogP contribution in [0.5, 0.6) is 0 Å². The number of hydrogen-bond donors (Lipinski definition) is 0. The first-order valence-electron chi connectivity index (χ1n) is 8.96. The van der Waals surface area contributed by atoms with Gasteiger partial charge in [0, 0.05) is 24.5 Å². The third-order valence-corrected chi connectivity index (χ3v) is 5.68. The van der Waals surface area contributed by atoms with E-state index in [9.17, 15) is 0 Å². The molecule has 0 amide bonds. The van der Waals surface area contributed by atoms with Crippen LogP contribution in [0.1, 0.15) is 37.7 Å². The Labute approximate surface area is 149 Å². The number of ether oxygens (including phenoxy) is 4. The van der Waals surface area contributed by atoms with Gasteiger partial charge in [-0.3, -0.25) is 0 Å². The predicted molar refractivity (Wildman–Crippen MR) is 93.4 cm³/mol. The molecule has 2 heterocycles. The van der Waals surface area contributed by atoms with Crippen molar-refractivity contribution in [3.8, 4) is 11.8 Å². The van der Waals surface area contributed by atoms with E-state index < -0.39 is 0 Å². The van der Waals surface area contributed by atoms with Gasteiger partial charge in [0.15, 0.2) is 0 Å². The molecule has 1 spiro atoms. The summed E-state index contributed by atoms with van der Waals surface area (Å²) in [6, 6.07) is 10.0. The van der Waals surface area contributed by atoms with E-state index in [1.165, 1.54) is 0 Å². The molecule has 25 heavy (non-hydrogen) atoms. The lowest BCUT2D eigenvalue weighted by molar-refractivity contribution is -0.182. The molecule has 4 nitrogen and oxygen atoms in total. The molecule has 1 unspecified atom stereocenters. The van der Waals surface area contributed by atoms with Gasteiger partial charge in [-0.25, -0.2) is 0 Å². The highest BCUT2D eigenvalue weighted by Gasteiger charge is 2.64. The van der Waals surface area contributed by atoms with Crippen molar-refractivity contribution >= 4 is 0 Å². The first-order chi connectivity index (χ1) is 12.3. The van der Waals surface area contributed by atoms with Gasteiger partial charge < -0.3 is 18.9 Å². The minimum atomic E-state index is -0.335. The van der Waals surface area contributed by atoms with Crippen LogP contribution in [0.3, 0.4) is 0 Å². The first kappa shape index (κ1) is 16.7. The minimum absolute atomic E-state index is 0.191. The maximum atomic E-state index is 6.31. The molecule has 1 aromatic rings. The zero-order valence-corrected chi connectivity index (χ0v) is 14.6. The van der Waals surface area contributed by atoms with E-state index in [1.54, 1.807) is 13.4 Å². The largest absolute Gasteiger partial charge is 0.473 e. The van der Waals surface area contributed by atoms with Gasteiger partial charge in [0.25, 0.3) is 0 Å². The molecule has 2 bridgehead atoms. The van der Waals surface area contributed by atoms with Gasteiger partial charge in [-0.15, -0.1) is 0 Å². The summed E-state index contributed by atoms with van der Waals surface area (Å²) in [5.41, 5.74) is 0.463. The van der Waals surface area contributed by atoms with Gasteiger partial charge in [0.2, 0.25) is 6.29 Å². The Kier molecular flexibility index (Phi) is 4.56.